The molecule has 0 aliphatic carbocycles. The van der Waals surface area contributed by atoms with Gasteiger partial charge in [0.15, 0.2) is 6.29 Å². The second-order valence-corrected chi connectivity index (χ2v) is 8.35. The largest absolute Gasteiger partial charge is 0.416 e. The Morgan fingerprint density at radius 3 is 2.22 bits per heavy atom. The number of H-pyrrole nitrogens is 2. The number of aromatic nitrogens is 3. The molecular weight excluding hydrogens is 513 g/mol. The standard InChI is InChI=1S/C23H21F7N4O3/c24-17-3-1-14(2-4-17)19-20(37-8-6-34(19)12-18-31-21(35)33-32-18)36-7-5-13-9-15(22(25,26)27)11-16(10-13)23(28,29)30/h1-4,9-11,19-20H,5-8,12H2,(H2,31,32,33,35)/t19-,20+/m0/s1. The lowest BCUT2D eigenvalue weighted by Crippen LogP contribution is -2.46. The van der Waals surface area contributed by atoms with Crippen molar-refractivity contribution in [2.45, 2.75) is 37.7 Å². The third-order valence-electron chi connectivity index (χ3n) is 5.75. The van der Waals surface area contributed by atoms with E-state index < -0.39 is 47.3 Å². The summed E-state index contributed by atoms with van der Waals surface area (Å²) >= 11 is 0. The molecule has 7 nitrogen and oxygen atoms in total. The predicted octanol–water partition coefficient (Wildman–Crippen LogP) is 4.43. The molecule has 3 aromatic rings. The predicted molar refractivity (Wildman–Crippen MR) is 115 cm³/mol. The Hall–Kier alpha value is -3.23. The summed E-state index contributed by atoms with van der Waals surface area (Å²) in [5.74, 6) is -0.160. The quantitative estimate of drug-likeness (QED) is 0.439. The van der Waals surface area contributed by atoms with E-state index in [2.05, 4.69) is 15.2 Å². The Balaban J connectivity index is 1.53. The zero-order valence-corrected chi connectivity index (χ0v) is 19.0. The number of ether oxygens (including phenoxy) is 2. The zero-order chi connectivity index (χ0) is 26.8. The van der Waals surface area contributed by atoms with Gasteiger partial charge in [-0.05, 0) is 47.9 Å². The van der Waals surface area contributed by atoms with Crippen LogP contribution in [0.2, 0.25) is 0 Å². The lowest BCUT2D eigenvalue weighted by atomic mass is 10.0. The summed E-state index contributed by atoms with van der Waals surface area (Å²) in [4.78, 5) is 17.0. The van der Waals surface area contributed by atoms with Crippen molar-refractivity contribution in [3.63, 3.8) is 0 Å². The van der Waals surface area contributed by atoms with E-state index in [0.717, 1.165) is 0 Å². The first-order chi connectivity index (χ1) is 17.4. The normalized spacial score (nSPS) is 19.3. The van der Waals surface area contributed by atoms with Crippen LogP contribution in [0.25, 0.3) is 0 Å². The van der Waals surface area contributed by atoms with Crippen molar-refractivity contribution < 1.29 is 40.2 Å². The number of morpholine rings is 1. The van der Waals surface area contributed by atoms with Crippen LogP contribution in [0.3, 0.4) is 0 Å². The van der Waals surface area contributed by atoms with Crippen LogP contribution in [0.4, 0.5) is 30.7 Å². The van der Waals surface area contributed by atoms with Crippen molar-refractivity contribution >= 4 is 0 Å². The minimum Gasteiger partial charge on any atom is -0.350 e. The third-order valence-corrected chi connectivity index (χ3v) is 5.75. The molecule has 0 spiro atoms. The van der Waals surface area contributed by atoms with Gasteiger partial charge in [0, 0.05) is 6.54 Å². The molecule has 1 aliphatic heterocycles. The minimum absolute atomic E-state index is 0.0659. The Bertz CT molecular complexity index is 1220. The molecule has 1 fully saturated rings. The van der Waals surface area contributed by atoms with Crippen molar-refractivity contribution in [3.05, 3.63) is 86.8 Å². The van der Waals surface area contributed by atoms with Crippen molar-refractivity contribution in [2.75, 3.05) is 19.8 Å². The Kier molecular flexibility index (Phi) is 7.71. The van der Waals surface area contributed by atoms with Gasteiger partial charge in [-0.3, -0.25) is 10.00 Å². The summed E-state index contributed by atoms with van der Waals surface area (Å²) in [6.45, 7) is 0.457. The van der Waals surface area contributed by atoms with Crippen LogP contribution in [0, 0.1) is 5.82 Å². The maximum Gasteiger partial charge on any atom is 0.416 e. The summed E-state index contributed by atoms with van der Waals surface area (Å²) in [5.41, 5.74) is -3.01. The lowest BCUT2D eigenvalue weighted by molar-refractivity contribution is -0.212. The summed E-state index contributed by atoms with van der Waals surface area (Å²) in [6.07, 6.45) is -11.1. The number of nitrogens with one attached hydrogen (secondary N) is 2. The first-order valence-corrected chi connectivity index (χ1v) is 11.0. The molecule has 1 aromatic heterocycles. The van der Waals surface area contributed by atoms with Crippen LogP contribution >= 0.6 is 0 Å². The SMILES string of the molecule is O=c1nc(CN2CCO[C@@H](OCCc3cc(C(F)(F)F)cc(C(F)(F)F)c3)[C@@H]2c2ccc(F)cc2)[nH][nH]1. The fourth-order valence-corrected chi connectivity index (χ4v) is 4.06. The van der Waals surface area contributed by atoms with E-state index in [1.54, 1.807) is 0 Å². The smallest absolute Gasteiger partial charge is 0.350 e. The molecule has 0 radical (unpaired) electrons. The van der Waals surface area contributed by atoms with Crippen LogP contribution < -0.4 is 5.69 Å². The fraction of sp³-hybridized carbons (Fsp3) is 0.391. The fourth-order valence-electron chi connectivity index (χ4n) is 4.06. The van der Waals surface area contributed by atoms with Gasteiger partial charge in [-0.1, -0.05) is 12.1 Å². The topological polar surface area (TPSA) is 83.2 Å². The van der Waals surface area contributed by atoms with Gasteiger partial charge in [0.05, 0.1) is 36.9 Å². The molecule has 2 aromatic carbocycles. The highest BCUT2D eigenvalue weighted by Crippen LogP contribution is 2.37. The maximum absolute atomic E-state index is 13.5. The zero-order valence-electron chi connectivity index (χ0n) is 19.0. The molecule has 0 bridgehead atoms. The number of halogens is 7. The van der Waals surface area contributed by atoms with Crippen LogP contribution in [0.1, 0.15) is 34.1 Å². The van der Waals surface area contributed by atoms with E-state index in [0.29, 0.717) is 30.1 Å². The molecule has 0 amide bonds. The van der Waals surface area contributed by atoms with Gasteiger partial charge in [-0.2, -0.15) is 31.3 Å². The monoisotopic (exact) mass is 534 g/mol. The summed E-state index contributed by atoms with van der Waals surface area (Å²) in [5, 5.41) is 4.96. The number of aromatic amines is 2. The first-order valence-electron chi connectivity index (χ1n) is 11.0. The van der Waals surface area contributed by atoms with E-state index in [1.165, 1.54) is 24.3 Å². The highest BCUT2D eigenvalue weighted by molar-refractivity contribution is 5.33. The second-order valence-electron chi connectivity index (χ2n) is 8.35. The van der Waals surface area contributed by atoms with Crippen LogP contribution in [0.15, 0.2) is 47.3 Å². The van der Waals surface area contributed by atoms with Crippen LogP contribution in [-0.2, 0) is 34.8 Å². The molecular formula is C23H21F7N4O3. The molecule has 1 aliphatic rings. The number of hydrogen-bond donors (Lipinski definition) is 2. The molecule has 2 N–H and O–H groups in total. The molecule has 200 valence electrons. The lowest BCUT2D eigenvalue weighted by Gasteiger charge is -2.40. The molecule has 2 heterocycles. The first kappa shape index (κ1) is 26.8. The highest BCUT2D eigenvalue weighted by atomic mass is 19.4. The third kappa shape index (κ3) is 6.76. The number of nitrogens with zero attached hydrogens (tertiary/aromatic N) is 2. The van der Waals surface area contributed by atoms with Crippen LogP contribution in [-0.4, -0.2) is 46.1 Å². The molecule has 1 saturated heterocycles. The Morgan fingerprint density at radius 2 is 1.65 bits per heavy atom. The average Bonchev–Trinajstić information content (AvgIpc) is 3.23. The van der Waals surface area contributed by atoms with Gasteiger partial charge in [0.2, 0.25) is 0 Å². The summed E-state index contributed by atoms with van der Waals surface area (Å²) in [6, 6.07) is 6.21. The summed E-state index contributed by atoms with van der Waals surface area (Å²) < 4.78 is 104. The van der Waals surface area contributed by atoms with E-state index in [-0.39, 0.29) is 37.8 Å². The number of rotatable bonds is 7. The van der Waals surface area contributed by atoms with E-state index in [1.807, 2.05) is 4.90 Å². The molecule has 37 heavy (non-hydrogen) atoms. The van der Waals surface area contributed by atoms with Crippen molar-refractivity contribution in [1.29, 1.82) is 0 Å². The second kappa shape index (κ2) is 10.6. The number of alkyl halides is 6. The number of benzene rings is 2. The van der Waals surface area contributed by atoms with Gasteiger partial charge < -0.3 is 9.47 Å². The van der Waals surface area contributed by atoms with Gasteiger partial charge in [-0.15, -0.1) is 0 Å². The maximum atomic E-state index is 13.5. The molecule has 0 unspecified atom stereocenters. The van der Waals surface area contributed by atoms with E-state index in [9.17, 15) is 35.5 Å². The van der Waals surface area contributed by atoms with Crippen molar-refractivity contribution in [2.24, 2.45) is 0 Å². The van der Waals surface area contributed by atoms with Crippen molar-refractivity contribution in [1.82, 2.24) is 20.1 Å². The number of hydrogen-bond acceptors (Lipinski definition) is 5. The van der Waals surface area contributed by atoms with Gasteiger partial charge in [-0.25, -0.2) is 14.3 Å². The van der Waals surface area contributed by atoms with E-state index in [4.69, 9.17) is 9.47 Å². The molecule has 14 heteroatoms. The van der Waals surface area contributed by atoms with Gasteiger partial charge in [0.25, 0.3) is 0 Å². The van der Waals surface area contributed by atoms with E-state index >= 15 is 0 Å². The average molecular weight is 534 g/mol. The molecule has 0 saturated carbocycles. The molecule has 2 atom stereocenters. The van der Waals surface area contributed by atoms with Crippen molar-refractivity contribution in [3.8, 4) is 0 Å². The Labute approximate surface area is 205 Å². The minimum atomic E-state index is -4.95. The van der Waals surface area contributed by atoms with Gasteiger partial charge in [0.1, 0.15) is 11.6 Å². The molecule has 4 rings (SSSR count). The Morgan fingerprint density at radius 1 is 1.00 bits per heavy atom. The van der Waals surface area contributed by atoms with Crippen LogP contribution in [0.5, 0.6) is 0 Å². The highest BCUT2D eigenvalue weighted by Gasteiger charge is 2.37. The summed E-state index contributed by atoms with van der Waals surface area (Å²) in [7, 11) is 0. The van der Waals surface area contributed by atoms with Gasteiger partial charge >= 0.3 is 18.0 Å².